The Balaban J connectivity index is 1.28. The monoisotopic (exact) mass is 583 g/mol. The molecular formula is C33H43F2N3O4. The van der Waals surface area contributed by atoms with Gasteiger partial charge in [0.2, 0.25) is 11.8 Å². The number of aliphatic hydroxyl groups excluding tert-OH is 1. The number of hydrogen-bond donors (Lipinski definition) is 3. The molecule has 2 aromatic rings. The van der Waals surface area contributed by atoms with Gasteiger partial charge < -0.3 is 25.4 Å². The number of carbonyl (C=O) groups excluding carboxylic acids is 2. The van der Waals surface area contributed by atoms with Gasteiger partial charge in [-0.05, 0) is 61.3 Å². The third-order valence-corrected chi connectivity index (χ3v) is 8.93. The molecule has 2 unspecified atom stereocenters. The van der Waals surface area contributed by atoms with Crippen LogP contribution in [0.15, 0.2) is 48.5 Å². The zero-order chi connectivity index (χ0) is 29.6. The molecule has 6 atom stereocenters. The number of halogens is 2. The number of nitrogens with zero attached hydrogens (tertiary/aromatic N) is 1. The minimum Gasteiger partial charge on any atom is -0.389 e. The van der Waals surface area contributed by atoms with Crippen LogP contribution in [0.1, 0.15) is 56.6 Å². The van der Waals surface area contributed by atoms with Crippen LogP contribution in [-0.4, -0.2) is 65.7 Å². The highest BCUT2D eigenvalue weighted by molar-refractivity contribution is 5.91. The van der Waals surface area contributed by atoms with E-state index in [1.54, 1.807) is 0 Å². The van der Waals surface area contributed by atoms with Gasteiger partial charge in [0.15, 0.2) is 0 Å². The number of ether oxygens (including phenoxy) is 1. The fourth-order valence-electron chi connectivity index (χ4n) is 6.53. The molecule has 2 saturated heterocycles. The van der Waals surface area contributed by atoms with Crippen LogP contribution in [-0.2, 0) is 27.4 Å². The number of aliphatic hydroxyl groups is 1. The Morgan fingerprint density at radius 2 is 1.86 bits per heavy atom. The molecule has 3 aliphatic rings. The van der Waals surface area contributed by atoms with Gasteiger partial charge in [0.25, 0.3) is 0 Å². The summed E-state index contributed by atoms with van der Waals surface area (Å²) in [6.45, 7) is 4.11. The van der Waals surface area contributed by atoms with Crippen LogP contribution in [0.2, 0.25) is 0 Å². The molecule has 228 valence electrons. The van der Waals surface area contributed by atoms with Gasteiger partial charge in [0.05, 0.1) is 36.7 Å². The number of unbranched alkanes of at least 4 members (excludes halogenated alkanes) is 2. The molecule has 1 saturated carbocycles. The molecule has 9 heteroatoms. The SMILES string of the molecule is CCCCCN1CC(C(=O)N[C@@H](Cc2cc(F)cc(F)c2)[C@H](O)[C@H]2C[C@@H](OCc3ccccc3)CN2)C(C2CC2)C1=O. The first-order valence-corrected chi connectivity index (χ1v) is 15.4. The maximum Gasteiger partial charge on any atom is 0.226 e. The van der Waals surface area contributed by atoms with Crippen molar-refractivity contribution in [3.05, 3.63) is 71.3 Å². The predicted molar refractivity (Wildman–Crippen MR) is 155 cm³/mol. The number of amides is 2. The molecule has 3 fully saturated rings. The third-order valence-electron chi connectivity index (χ3n) is 8.93. The first kappa shape index (κ1) is 30.6. The van der Waals surface area contributed by atoms with Crippen LogP contribution in [0.3, 0.4) is 0 Å². The number of hydrogen-bond acceptors (Lipinski definition) is 5. The lowest BCUT2D eigenvalue weighted by molar-refractivity contribution is -0.134. The first-order valence-electron chi connectivity index (χ1n) is 15.4. The Bertz CT molecular complexity index is 1190. The summed E-state index contributed by atoms with van der Waals surface area (Å²) in [4.78, 5) is 28.9. The molecule has 42 heavy (non-hydrogen) atoms. The molecule has 5 rings (SSSR count). The van der Waals surface area contributed by atoms with E-state index in [2.05, 4.69) is 17.6 Å². The van der Waals surface area contributed by atoms with Crippen LogP contribution in [0.5, 0.6) is 0 Å². The van der Waals surface area contributed by atoms with Crippen molar-refractivity contribution in [1.82, 2.24) is 15.5 Å². The molecule has 7 nitrogen and oxygen atoms in total. The van der Waals surface area contributed by atoms with Crippen LogP contribution >= 0.6 is 0 Å². The van der Waals surface area contributed by atoms with E-state index in [1.165, 1.54) is 12.1 Å². The lowest BCUT2D eigenvalue weighted by Gasteiger charge is -2.30. The van der Waals surface area contributed by atoms with Crippen molar-refractivity contribution < 1.29 is 28.2 Å². The Kier molecular flexibility index (Phi) is 10.2. The largest absolute Gasteiger partial charge is 0.389 e. The summed E-state index contributed by atoms with van der Waals surface area (Å²) in [5.74, 6) is -2.31. The number of rotatable bonds is 14. The van der Waals surface area contributed by atoms with Gasteiger partial charge >= 0.3 is 0 Å². The van der Waals surface area contributed by atoms with Gasteiger partial charge in [-0.15, -0.1) is 0 Å². The molecule has 2 aliphatic heterocycles. The summed E-state index contributed by atoms with van der Waals surface area (Å²) >= 11 is 0. The minimum absolute atomic E-state index is 0.0459. The van der Waals surface area contributed by atoms with Gasteiger partial charge in [-0.3, -0.25) is 9.59 Å². The highest BCUT2D eigenvalue weighted by Crippen LogP contribution is 2.45. The van der Waals surface area contributed by atoms with Gasteiger partial charge in [-0.1, -0.05) is 50.1 Å². The van der Waals surface area contributed by atoms with Crippen molar-refractivity contribution in [2.45, 2.75) is 82.8 Å². The van der Waals surface area contributed by atoms with Gasteiger partial charge in [-0.2, -0.15) is 0 Å². The molecule has 0 bridgehead atoms. The first-order chi connectivity index (χ1) is 20.3. The van der Waals surface area contributed by atoms with E-state index >= 15 is 0 Å². The number of carbonyl (C=O) groups is 2. The summed E-state index contributed by atoms with van der Waals surface area (Å²) in [7, 11) is 0. The number of nitrogens with one attached hydrogen (secondary N) is 2. The molecule has 1 aliphatic carbocycles. The Morgan fingerprint density at radius 3 is 2.55 bits per heavy atom. The summed E-state index contributed by atoms with van der Waals surface area (Å²) < 4.78 is 34.2. The molecule has 0 spiro atoms. The molecule has 0 aromatic heterocycles. The van der Waals surface area contributed by atoms with Crippen molar-refractivity contribution in [1.29, 1.82) is 0 Å². The Hall–Kier alpha value is -2.88. The average Bonchev–Trinajstić information content (AvgIpc) is 3.59. The van der Waals surface area contributed by atoms with E-state index in [0.29, 0.717) is 38.2 Å². The standard InChI is InChI=1S/C33H43F2N3O4/c1-2-3-7-12-38-19-27(30(33(38)41)23-10-11-23)32(40)37-29(15-22-13-24(34)16-25(35)14-22)31(39)28-17-26(18-36-28)42-20-21-8-5-4-6-9-21/h4-6,8-9,13-14,16,23,26-31,36,39H,2-3,7,10-12,15,17-20H2,1H3,(H,37,40)/t26-,27?,28-,29+,30?,31-/m1/s1. The summed E-state index contributed by atoms with van der Waals surface area (Å²) in [6.07, 6.45) is 4.26. The van der Waals surface area contributed by atoms with E-state index in [4.69, 9.17) is 4.74 Å². The van der Waals surface area contributed by atoms with E-state index < -0.39 is 29.7 Å². The summed E-state index contributed by atoms with van der Waals surface area (Å²) in [5.41, 5.74) is 1.40. The average molecular weight is 584 g/mol. The van der Waals surface area contributed by atoms with Crippen LogP contribution < -0.4 is 10.6 Å². The van der Waals surface area contributed by atoms with Gasteiger partial charge in [0, 0.05) is 31.7 Å². The second kappa shape index (κ2) is 14.1. The molecule has 2 heterocycles. The Morgan fingerprint density at radius 1 is 1.12 bits per heavy atom. The lowest BCUT2D eigenvalue weighted by atomic mass is 9.88. The molecular weight excluding hydrogens is 540 g/mol. The van der Waals surface area contributed by atoms with E-state index in [9.17, 15) is 23.5 Å². The quantitative estimate of drug-likeness (QED) is 0.293. The summed E-state index contributed by atoms with van der Waals surface area (Å²) in [6, 6.07) is 11.9. The van der Waals surface area contributed by atoms with Crippen LogP contribution in [0, 0.1) is 29.4 Å². The van der Waals surface area contributed by atoms with Crippen molar-refractivity contribution in [3.63, 3.8) is 0 Å². The Labute approximate surface area is 247 Å². The van der Waals surface area contributed by atoms with Crippen LogP contribution in [0.25, 0.3) is 0 Å². The zero-order valence-electron chi connectivity index (χ0n) is 24.3. The van der Waals surface area contributed by atoms with Crippen molar-refractivity contribution in [2.24, 2.45) is 17.8 Å². The van der Waals surface area contributed by atoms with Crippen LogP contribution in [0.4, 0.5) is 8.78 Å². The highest BCUT2D eigenvalue weighted by Gasteiger charge is 2.51. The molecule has 2 amide bonds. The predicted octanol–water partition coefficient (Wildman–Crippen LogP) is 3.98. The van der Waals surface area contributed by atoms with Crippen molar-refractivity contribution in [3.8, 4) is 0 Å². The zero-order valence-corrected chi connectivity index (χ0v) is 24.3. The maximum atomic E-state index is 14.1. The highest BCUT2D eigenvalue weighted by atomic mass is 19.1. The fourth-order valence-corrected chi connectivity index (χ4v) is 6.53. The fraction of sp³-hybridized carbons (Fsp3) is 0.576. The maximum absolute atomic E-state index is 14.1. The molecule has 2 aromatic carbocycles. The van der Waals surface area contributed by atoms with E-state index in [-0.39, 0.29) is 42.2 Å². The van der Waals surface area contributed by atoms with Gasteiger partial charge in [0.1, 0.15) is 11.6 Å². The van der Waals surface area contributed by atoms with Crippen molar-refractivity contribution >= 4 is 11.8 Å². The van der Waals surface area contributed by atoms with Gasteiger partial charge in [-0.25, -0.2) is 8.78 Å². The lowest BCUT2D eigenvalue weighted by Crippen LogP contribution is -2.54. The smallest absolute Gasteiger partial charge is 0.226 e. The van der Waals surface area contributed by atoms with E-state index in [0.717, 1.165) is 43.7 Å². The topological polar surface area (TPSA) is 90.9 Å². The second-order valence-corrected chi connectivity index (χ2v) is 12.2. The second-order valence-electron chi connectivity index (χ2n) is 12.2. The third kappa shape index (κ3) is 7.74. The normalized spacial score (nSPS) is 25.5. The molecule has 3 N–H and O–H groups in total. The minimum atomic E-state index is -1.04. The number of benzene rings is 2. The number of likely N-dealkylation sites (tertiary alicyclic amines) is 1. The molecule has 0 radical (unpaired) electrons. The van der Waals surface area contributed by atoms with E-state index in [1.807, 2.05) is 35.2 Å². The summed E-state index contributed by atoms with van der Waals surface area (Å²) in [5, 5.41) is 17.9. The van der Waals surface area contributed by atoms with Crippen molar-refractivity contribution in [2.75, 3.05) is 19.6 Å².